The van der Waals surface area contributed by atoms with Gasteiger partial charge in [0.05, 0.1) is 22.9 Å². The van der Waals surface area contributed by atoms with Crippen molar-refractivity contribution in [2.24, 2.45) is 0 Å². The number of carbonyl (C=O) groups is 2. The van der Waals surface area contributed by atoms with Crippen molar-refractivity contribution in [2.45, 2.75) is 11.1 Å². The van der Waals surface area contributed by atoms with Gasteiger partial charge in [0, 0.05) is 0 Å². The predicted molar refractivity (Wildman–Crippen MR) is 78.0 cm³/mol. The topological polar surface area (TPSA) is 52.6 Å². The minimum absolute atomic E-state index is 0.0206. The molecule has 0 spiro atoms. The highest BCUT2D eigenvalue weighted by atomic mass is 35.5. The van der Waals surface area contributed by atoms with E-state index in [1.165, 1.54) is 24.3 Å². The van der Waals surface area contributed by atoms with Crippen LogP contribution in [0.4, 0.5) is 0 Å². The van der Waals surface area contributed by atoms with Crippen molar-refractivity contribution in [3.8, 4) is 0 Å². The van der Waals surface area contributed by atoms with E-state index in [0.29, 0.717) is 0 Å². The molecule has 110 valence electrons. The second kappa shape index (κ2) is 8.57. The van der Waals surface area contributed by atoms with Crippen molar-refractivity contribution in [2.75, 3.05) is 11.8 Å². The average Bonchev–Trinajstić information content (AvgIpc) is 2.46. The first-order chi connectivity index (χ1) is 9.47. The standard InChI is InChI=1S/C12H10Cl4O4/c13-5-9(15)19-11(17)7-1-2-8(4-3-7)12(18)20-10(16)6-14/h1-4,9-10H,5-6H2. The van der Waals surface area contributed by atoms with Crippen LogP contribution in [-0.4, -0.2) is 34.8 Å². The third-order valence-corrected chi connectivity index (χ3v) is 3.43. The van der Waals surface area contributed by atoms with E-state index in [4.69, 9.17) is 55.9 Å². The van der Waals surface area contributed by atoms with E-state index in [1.807, 2.05) is 0 Å². The van der Waals surface area contributed by atoms with Gasteiger partial charge in [-0.15, -0.1) is 23.2 Å². The molecule has 1 rings (SSSR count). The van der Waals surface area contributed by atoms with Crippen LogP contribution in [-0.2, 0) is 9.47 Å². The maximum Gasteiger partial charge on any atom is 0.339 e. The summed E-state index contributed by atoms with van der Waals surface area (Å²) in [4.78, 5) is 23.2. The van der Waals surface area contributed by atoms with Crippen LogP contribution in [0.15, 0.2) is 24.3 Å². The summed E-state index contributed by atoms with van der Waals surface area (Å²) in [5, 5.41) is 0. The number of hydrogen-bond donors (Lipinski definition) is 0. The summed E-state index contributed by atoms with van der Waals surface area (Å²) in [5.74, 6) is -1.32. The molecular weight excluding hydrogens is 350 g/mol. The highest BCUT2D eigenvalue weighted by Crippen LogP contribution is 2.12. The van der Waals surface area contributed by atoms with E-state index >= 15 is 0 Å². The number of hydrogen-bond acceptors (Lipinski definition) is 4. The fourth-order valence-electron chi connectivity index (χ4n) is 1.17. The van der Waals surface area contributed by atoms with Gasteiger partial charge in [0.25, 0.3) is 0 Å². The summed E-state index contributed by atoms with van der Waals surface area (Å²) < 4.78 is 9.62. The lowest BCUT2D eigenvalue weighted by Crippen LogP contribution is -2.15. The van der Waals surface area contributed by atoms with Crippen molar-refractivity contribution in [1.82, 2.24) is 0 Å². The Kier molecular flexibility index (Phi) is 7.45. The third-order valence-electron chi connectivity index (χ3n) is 2.07. The lowest BCUT2D eigenvalue weighted by atomic mass is 10.1. The minimum Gasteiger partial charge on any atom is -0.441 e. The molecule has 0 saturated heterocycles. The third kappa shape index (κ3) is 5.37. The summed E-state index contributed by atoms with van der Waals surface area (Å²) in [5.41, 5.74) is -1.35. The van der Waals surface area contributed by atoms with Gasteiger partial charge in [0.2, 0.25) is 0 Å². The van der Waals surface area contributed by atoms with Crippen LogP contribution in [0.1, 0.15) is 20.7 Å². The molecule has 2 atom stereocenters. The highest BCUT2D eigenvalue weighted by Gasteiger charge is 2.15. The fraction of sp³-hybridized carbons (Fsp3) is 0.333. The van der Waals surface area contributed by atoms with Gasteiger partial charge in [-0.05, 0) is 24.3 Å². The Morgan fingerprint density at radius 1 is 0.850 bits per heavy atom. The Labute approximate surface area is 135 Å². The molecule has 0 aromatic heterocycles. The highest BCUT2D eigenvalue weighted by molar-refractivity contribution is 6.28. The monoisotopic (exact) mass is 358 g/mol. The lowest BCUT2D eigenvalue weighted by molar-refractivity contribution is 0.0461. The number of ether oxygens (including phenoxy) is 2. The molecule has 0 fully saturated rings. The Morgan fingerprint density at radius 2 is 1.15 bits per heavy atom. The predicted octanol–water partition coefficient (Wildman–Crippen LogP) is 3.61. The van der Waals surface area contributed by atoms with Crippen LogP contribution < -0.4 is 0 Å². The molecule has 20 heavy (non-hydrogen) atoms. The number of esters is 2. The Hall–Kier alpha value is -0.680. The lowest BCUT2D eigenvalue weighted by Gasteiger charge is -2.09. The van der Waals surface area contributed by atoms with Crippen LogP contribution in [0.2, 0.25) is 0 Å². The van der Waals surface area contributed by atoms with Gasteiger partial charge in [-0.1, -0.05) is 23.2 Å². The van der Waals surface area contributed by atoms with E-state index in [1.54, 1.807) is 0 Å². The molecule has 0 N–H and O–H groups in total. The van der Waals surface area contributed by atoms with Crippen LogP contribution in [0.5, 0.6) is 0 Å². The first-order valence-corrected chi connectivity index (χ1v) is 7.34. The first kappa shape index (κ1) is 17.4. The van der Waals surface area contributed by atoms with Gasteiger partial charge in [0.1, 0.15) is 0 Å². The Morgan fingerprint density at radius 3 is 1.40 bits per heavy atom. The van der Waals surface area contributed by atoms with Crippen molar-refractivity contribution in [1.29, 1.82) is 0 Å². The molecule has 0 aliphatic carbocycles. The van der Waals surface area contributed by atoms with Gasteiger partial charge in [-0.3, -0.25) is 0 Å². The first-order valence-electron chi connectivity index (χ1n) is 5.40. The van der Waals surface area contributed by atoms with Gasteiger partial charge >= 0.3 is 11.9 Å². The average molecular weight is 360 g/mol. The Balaban J connectivity index is 2.68. The molecule has 0 aliphatic heterocycles. The van der Waals surface area contributed by atoms with E-state index in [-0.39, 0.29) is 22.9 Å². The molecule has 0 aliphatic rings. The minimum atomic E-state index is -0.908. The maximum atomic E-state index is 11.6. The molecule has 1 aromatic carbocycles. The zero-order chi connectivity index (χ0) is 15.1. The van der Waals surface area contributed by atoms with Gasteiger partial charge in [0.15, 0.2) is 11.1 Å². The molecule has 0 radical (unpaired) electrons. The van der Waals surface area contributed by atoms with Crippen molar-refractivity contribution >= 4 is 58.3 Å². The molecule has 0 heterocycles. The summed E-state index contributed by atoms with van der Waals surface area (Å²) in [7, 11) is 0. The van der Waals surface area contributed by atoms with Crippen LogP contribution in [0, 0.1) is 0 Å². The molecule has 0 saturated carbocycles. The van der Waals surface area contributed by atoms with Gasteiger partial charge in [-0.25, -0.2) is 9.59 Å². The van der Waals surface area contributed by atoms with Crippen LogP contribution in [0.25, 0.3) is 0 Å². The number of halogens is 4. The van der Waals surface area contributed by atoms with E-state index in [0.717, 1.165) is 0 Å². The second-order valence-electron chi connectivity index (χ2n) is 3.52. The van der Waals surface area contributed by atoms with Gasteiger partial charge in [-0.2, -0.15) is 0 Å². The largest absolute Gasteiger partial charge is 0.441 e. The quantitative estimate of drug-likeness (QED) is 0.575. The number of rotatable bonds is 6. The number of carbonyl (C=O) groups excluding carboxylic acids is 2. The van der Waals surface area contributed by atoms with Crippen LogP contribution in [0.3, 0.4) is 0 Å². The molecule has 0 amide bonds. The summed E-state index contributed by atoms with van der Waals surface area (Å²) in [6.45, 7) is 0. The normalized spacial score (nSPS) is 13.4. The smallest absolute Gasteiger partial charge is 0.339 e. The summed E-state index contributed by atoms with van der Waals surface area (Å²) in [6, 6.07) is 5.61. The summed E-state index contributed by atoms with van der Waals surface area (Å²) >= 11 is 22.0. The maximum absolute atomic E-state index is 11.6. The van der Waals surface area contributed by atoms with E-state index in [9.17, 15) is 9.59 Å². The van der Waals surface area contributed by atoms with Crippen molar-refractivity contribution in [3.05, 3.63) is 35.4 Å². The van der Waals surface area contributed by atoms with E-state index in [2.05, 4.69) is 0 Å². The zero-order valence-corrected chi connectivity index (χ0v) is 13.0. The van der Waals surface area contributed by atoms with Gasteiger partial charge < -0.3 is 9.47 Å². The Bertz CT molecular complexity index is 420. The second-order valence-corrected chi connectivity index (χ2v) is 5.11. The zero-order valence-electron chi connectivity index (χ0n) is 10.0. The number of alkyl halides is 4. The molecule has 4 nitrogen and oxygen atoms in total. The van der Waals surface area contributed by atoms with E-state index < -0.39 is 23.1 Å². The fourth-order valence-corrected chi connectivity index (χ4v) is 1.46. The number of benzene rings is 1. The molecule has 8 heteroatoms. The SMILES string of the molecule is O=C(OC(Cl)CCl)c1ccc(C(=O)OC(Cl)CCl)cc1. The summed E-state index contributed by atoms with van der Waals surface area (Å²) in [6.07, 6.45) is 0. The molecule has 0 bridgehead atoms. The molecule has 1 aromatic rings. The molecular formula is C12H10Cl4O4. The van der Waals surface area contributed by atoms with Crippen molar-refractivity contribution in [3.63, 3.8) is 0 Å². The van der Waals surface area contributed by atoms with Crippen LogP contribution >= 0.6 is 46.4 Å². The molecule has 2 unspecified atom stereocenters. The van der Waals surface area contributed by atoms with Crippen molar-refractivity contribution < 1.29 is 19.1 Å².